The van der Waals surface area contributed by atoms with Gasteiger partial charge in [-0.3, -0.25) is 0 Å². The van der Waals surface area contributed by atoms with Gasteiger partial charge in [-0.15, -0.1) is 0 Å². The van der Waals surface area contributed by atoms with Crippen LogP contribution in [-0.4, -0.2) is 17.8 Å². The standard InChI is InChI=1S/C15H17IN2O/c16-12-6-7-15(14(17)9-12)18-13(10-19)8-11-4-2-1-3-5-11/h1-7,9,13,18-19H,8,10,17H2. The topological polar surface area (TPSA) is 58.3 Å². The summed E-state index contributed by atoms with van der Waals surface area (Å²) in [6, 6.07) is 15.9. The molecule has 0 heterocycles. The van der Waals surface area contributed by atoms with Crippen LogP contribution in [0.1, 0.15) is 5.56 Å². The van der Waals surface area contributed by atoms with Gasteiger partial charge in [0.15, 0.2) is 0 Å². The second kappa shape index (κ2) is 6.77. The summed E-state index contributed by atoms with van der Waals surface area (Å²) in [6.07, 6.45) is 0.767. The number of benzene rings is 2. The predicted molar refractivity (Wildman–Crippen MR) is 88.2 cm³/mol. The normalized spacial score (nSPS) is 12.1. The van der Waals surface area contributed by atoms with Crippen LogP contribution in [0.2, 0.25) is 0 Å². The maximum Gasteiger partial charge on any atom is 0.0636 e. The van der Waals surface area contributed by atoms with Crippen LogP contribution in [0.4, 0.5) is 11.4 Å². The van der Waals surface area contributed by atoms with Crippen molar-refractivity contribution in [1.82, 2.24) is 0 Å². The second-order valence-corrected chi connectivity index (χ2v) is 5.69. The molecule has 0 fully saturated rings. The van der Waals surface area contributed by atoms with Gasteiger partial charge in [0, 0.05) is 3.57 Å². The summed E-state index contributed by atoms with van der Waals surface area (Å²) in [4.78, 5) is 0. The monoisotopic (exact) mass is 368 g/mol. The van der Waals surface area contributed by atoms with Crippen molar-refractivity contribution in [2.24, 2.45) is 0 Å². The molecular formula is C15H17IN2O. The maximum absolute atomic E-state index is 9.49. The van der Waals surface area contributed by atoms with Crippen molar-refractivity contribution in [3.05, 3.63) is 57.7 Å². The lowest BCUT2D eigenvalue weighted by molar-refractivity contribution is 0.274. The molecule has 2 rings (SSSR count). The van der Waals surface area contributed by atoms with Crippen LogP contribution in [-0.2, 0) is 6.42 Å². The SMILES string of the molecule is Nc1cc(I)ccc1NC(CO)Cc1ccccc1. The molecule has 0 amide bonds. The number of nitrogen functional groups attached to an aromatic ring is 1. The van der Waals surface area contributed by atoms with Crippen LogP contribution in [0.5, 0.6) is 0 Å². The van der Waals surface area contributed by atoms with Crippen molar-refractivity contribution in [3.63, 3.8) is 0 Å². The number of nitrogens with two attached hydrogens (primary N) is 1. The lowest BCUT2D eigenvalue weighted by Gasteiger charge is -2.19. The van der Waals surface area contributed by atoms with E-state index in [0.29, 0.717) is 5.69 Å². The molecule has 100 valence electrons. The van der Waals surface area contributed by atoms with Crippen molar-refractivity contribution in [3.8, 4) is 0 Å². The van der Waals surface area contributed by atoms with Gasteiger partial charge in [0.2, 0.25) is 0 Å². The first-order chi connectivity index (χ1) is 9.19. The van der Waals surface area contributed by atoms with Gasteiger partial charge in [-0.25, -0.2) is 0 Å². The van der Waals surface area contributed by atoms with E-state index in [4.69, 9.17) is 5.73 Å². The Morgan fingerprint density at radius 1 is 1.16 bits per heavy atom. The Bertz CT molecular complexity index is 531. The van der Waals surface area contributed by atoms with Crippen molar-refractivity contribution < 1.29 is 5.11 Å². The Balaban J connectivity index is 2.06. The van der Waals surface area contributed by atoms with E-state index < -0.39 is 0 Å². The van der Waals surface area contributed by atoms with Gasteiger partial charge in [0.1, 0.15) is 0 Å². The Morgan fingerprint density at radius 3 is 2.53 bits per heavy atom. The Kier molecular flexibility index (Phi) is 5.04. The molecule has 2 aromatic rings. The van der Waals surface area contributed by atoms with Crippen LogP contribution in [0.15, 0.2) is 48.5 Å². The van der Waals surface area contributed by atoms with E-state index in [1.54, 1.807) is 0 Å². The third-order valence-electron chi connectivity index (χ3n) is 2.92. The second-order valence-electron chi connectivity index (χ2n) is 4.45. The molecule has 0 aliphatic rings. The molecule has 4 heteroatoms. The van der Waals surface area contributed by atoms with E-state index in [1.165, 1.54) is 5.56 Å². The minimum Gasteiger partial charge on any atom is -0.397 e. The third kappa shape index (κ3) is 4.11. The first-order valence-electron chi connectivity index (χ1n) is 6.15. The Hall–Kier alpha value is -1.27. The average Bonchev–Trinajstić information content (AvgIpc) is 2.42. The summed E-state index contributed by atoms with van der Waals surface area (Å²) in [5, 5.41) is 12.8. The van der Waals surface area contributed by atoms with Crippen LogP contribution >= 0.6 is 22.6 Å². The van der Waals surface area contributed by atoms with Gasteiger partial charge in [0.05, 0.1) is 24.0 Å². The molecule has 3 nitrogen and oxygen atoms in total. The number of anilines is 2. The molecule has 0 aliphatic carbocycles. The van der Waals surface area contributed by atoms with E-state index in [2.05, 4.69) is 40.0 Å². The molecule has 0 aliphatic heterocycles. The summed E-state index contributed by atoms with van der Waals surface area (Å²) in [7, 11) is 0. The molecule has 19 heavy (non-hydrogen) atoms. The smallest absolute Gasteiger partial charge is 0.0636 e. The van der Waals surface area contributed by atoms with Gasteiger partial charge < -0.3 is 16.2 Å². The number of hydrogen-bond acceptors (Lipinski definition) is 3. The van der Waals surface area contributed by atoms with Gasteiger partial charge >= 0.3 is 0 Å². The van der Waals surface area contributed by atoms with Gasteiger partial charge in [-0.05, 0) is 52.8 Å². The minimum atomic E-state index is -0.0373. The van der Waals surface area contributed by atoms with Crippen molar-refractivity contribution in [2.75, 3.05) is 17.7 Å². The van der Waals surface area contributed by atoms with E-state index in [9.17, 15) is 5.11 Å². The van der Waals surface area contributed by atoms with Gasteiger partial charge in [-0.2, -0.15) is 0 Å². The van der Waals surface area contributed by atoms with Crippen molar-refractivity contribution in [2.45, 2.75) is 12.5 Å². The molecule has 0 aromatic heterocycles. The molecule has 0 saturated carbocycles. The quantitative estimate of drug-likeness (QED) is 0.562. The van der Waals surface area contributed by atoms with Gasteiger partial charge in [-0.1, -0.05) is 30.3 Å². The Labute approximate surface area is 127 Å². The Morgan fingerprint density at radius 2 is 1.89 bits per heavy atom. The molecule has 1 atom stereocenters. The zero-order valence-electron chi connectivity index (χ0n) is 10.5. The molecule has 0 radical (unpaired) electrons. The number of aliphatic hydroxyl groups is 1. The molecule has 1 unspecified atom stereocenters. The van der Waals surface area contributed by atoms with Crippen molar-refractivity contribution in [1.29, 1.82) is 0 Å². The summed E-state index contributed by atoms with van der Waals surface area (Å²) in [5.74, 6) is 0. The highest BCUT2D eigenvalue weighted by molar-refractivity contribution is 14.1. The maximum atomic E-state index is 9.49. The fraction of sp³-hybridized carbons (Fsp3) is 0.200. The zero-order valence-corrected chi connectivity index (χ0v) is 12.7. The molecular weight excluding hydrogens is 351 g/mol. The largest absolute Gasteiger partial charge is 0.397 e. The number of nitrogens with one attached hydrogen (secondary N) is 1. The number of halogens is 1. The summed E-state index contributed by atoms with van der Waals surface area (Å²) in [5.41, 5.74) is 8.74. The highest BCUT2D eigenvalue weighted by atomic mass is 127. The lowest BCUT2D eigenvalue weighted by Crippen LogP contribution is -2.26. The molecule has 0 bridgehead atoms. The van der Waals surface area contributed by atoms with Crippen LogP contribution in [0.3, 0.4) is 0 Å². The van der Waals surface area contributed by atoms with Crippen LogP contribution in [0, 0.1) is 3.57 Å². The average molecular weight is 368 g/mol. The predicted octanol–water partition coefficient (Wildman–Crippen LogP) is 2.89. The highest BCUT2D eigenvalue weighted by Crippen LogP contribution is 2.22. The number of rotatable bonds is 5. The summed E-state index contributed by atoms with van der Waals surface area (Å²) in [6.45, 7) is 0.0698. The fourth-order valence-electron chi connectivity index (χ4n) is 1.94. The fourth-order valence-corrected chi connectivity index (χ4v) is 2.46. The van der Waals surface area contributed by atoms with Gasteiger partial charge in [0.25, 0.3) is 0 Å². The van der Waals surface area contributed by atoms with E-state index in [0.717, 1.165) is 15.7 Å². The first-order valence-corrected chi connectivity index (χ1v) is 7.23. The lowest BCUT2D eigenvalue weighted by atomic mass is 10.1. The van der Waals surface area contributed by atoms with E-state index >= 15 is 0 Å². The third-order valence-corrected chi connectivity index (χ3v) is 3.59. The number of hydrogen-bond donors (Lipinski definition) is 3. The van der Waals surface area contributed by atoms with Crippen LogP contribution < -0.4 is 11.1 Å². The summed E-state index contributed by atoms with van der Waals surface area (Å²) >= 11 is 2.23. The molecule has 2 aromatic carbocycles. The van der Waals surface area contributed by atoms with Crippen LogP contribution in [0.25, 0.3) is 0 Å². The molecule has 0 spiro atoms. The summed E-state index contributed by atoms with van der Waals surface area (Å²) < 4.78 is 1.10. The molecule has 0 saturated heterocycles. The highest BCUT2D eigenvalue weighted by Gasteiger charge is 2.10. The number of aliphatic hydroxyl groups excluding tert-OH is 1. The minimum absolute atomic E-state index is 0.0373. The van der Waals surface area contributed by atoms with E-state index in [-0.39, 0.29) is 12.6 Å². The molecule has 4 N–H and O–H groups in total. The van der Waals surface area contributed by atoms with Crippen molar-refractivity contribution >= 4 is 34.0 Å². The zero-order chi connectivity index (χ0) is 13.7. The van der Waals surface area contributed by atoms with E-state index in [1.807, 2.05) is 36.4 Å². The first kappa shape index (κ1) is 14.1.